The first-order chi connectivity index (χ1) is 9.63. The molecule has 1 aromatic carbocycles. The fourth-order valence-electron chi connectivity index (χ4n) is 2.43. The van der Waals surface area contributed by atoms with E-state index in [0.29, 0.717) is 6.04 Å². The quantitative estimate of drug-likeness (QED) is 0.734. The topological polar surface area (TPSA) is 24.5 Å². The molecule has 1 aromatic rings. The summed E-state index contributed by atoms with van der Waals surface area (Å²) >= 11 is 3.69. The Bertz CT molecular complexity index is 434. The summed E-state index contributed by atoms with van der Waals surface area (Å²) < 4.78 is 6.21. The second-order valence-corrected chi connectivity index (χ2v) is 6.49. The summed E-state index contributed by atoms with van der Waals surface area (Å²) in [6.45, 7) is 4.82. The van der Waals surface area contributed by atoms with Crippen LogP contribution in [-0.2, 0) is 11.3 Å². The predicted octanol–water partition coefficient (Wildman–Crippen LogP) is 3.42. The van der Waals surface area contributed by atoms with Gasteiger partial charge in [-0.2, -0.15) is 0 Å². The number of benzene rings is 1. The third kappa shape index (κ3) is 4.21. The molecule has 1 aliphatic carbocycles. The van der Waals surface area contributed by atoms with E-state index >= 15 is 0 Å². The van der Waals surface area contributed by atoms with E-state index in [1.807, 2.05) is 0 Å². The molecule has 1 saturated carbocycles. The Labute approximate surface area is 130 Å². The lowest BCUT2D eigenvalue weighted by Gasteiger charge is -2.27. The van der Waals surface area contributed by atoms with Gasteiger partial charge in [-0.1, -0.05) is 22.0 Å². The molecular weight excluding hydrogens is 316 g/mol. The van der Waals surface area contributed by atoms with Gasteiger partial charge >= 0.3 is 0 Å². The summed E-state index contributed by atoms with van der Waals surface area (Å²) in [5, 5.41) is 3.37. The number of ether oxygens (including phenoxy) is 1. The summed E-state index contributed by atoms with van der Waals surface area (Å²) in [5.41, 5.74) is 2.58. The van der Waals surface area contributed by atoms with Crippen molar-refractivity contribution < 1.29 is 4.74 Å². The van der Waals surface area contributed by atoms with Crippen LogP contribution in [0.25, 0.3) is 0 Å². The molecule has 0 heterocycles. The summed E-state index contributed by atoms with van der Waals surface area (Å²) in [7, 11) is 3.92. The summed E-state index contributed by atoms with van der Waals surface area (Å²) in [4.78, 5) is 2.39. The molecule has 1 fully saturated rings. The maximum atomic E-state index is 5.03. The number of hydrogen-bond acceptors (Lipinski definition) is 3. The van der Waals surface area contributed by atoms with E-state index < -0.39 is 0 Å². The maximum absolute atomic E-state index is 5.03. The largest absolute Gasteiger partial charge is 0.383 e. The zero-order valence-electron chi connectivity index (χ0n) is 12.7. The zero-order chi connectivity index (χ0) is 14.5. The molecule has 1 aliphatic rings. The lowest BCUT2D eigenvalue weighted by atomic mass is 10.1. The van der Waals surface area contributed by atoms with Crippen molar-refractivity contribution in [3.05, 3.63) is 28.2 Å². The minimum Gasteiger partial charge on any atom is -0.383 e. The molecule has 0 aliphatic heterocycles. The normalized spacial score (nSPS) is 16.2. The van der Waals surface area contributed by atoms with E-state index in [4.69, 9.17) is 4.74 Å². The van der Waals surface area contributed by atoms with Gasteiger partial charge in [0.2, 0.25) is 0 Å². The van der Waals surface area contributed by atoms with Crippen molar-refractivity contribution in [2.45, 2.75) is 32.4 Å². The number of nitrogens with zero attached hydrogens (tertiary/aromatic N) is 1. The lowest BCUT2D eigenvalue weighted by Crippen LogP contribution is -2.30. The molecule has 1 N–H and O–H groups in total. The van der Waals surface area contributed by atoms with Crippen LogP contribution in [0.1, 0.15) is 25.3 Å². The fraction of sp³-hybridized carbons (Fsp3) is 0.625. The molecule has 0 bridgehead atoms. The Morgan fingerprint density at radius 1 is 1.45 bits per heavy atom. The first-order valence-electron chi connectivity index (χ1n) is 7.34. The van der Waals surface area contributed by atoms with Crippen LogP contribution < -0.4 is 10.2 Å². The number of nitrogens with one attached hydrogen (secondary N) is 1. The van der Waals surface area contributed by atoms with Crippen LogP contribution in [0.4, 0.5) is 5.69 Å². The van der Waals surface area contributed by atoms with Crippen LogP contribution >= 0.6 is 15.9 Å². The first kappa shape index (κ1) is 15.8. The van der Waals surface area contributed by atoms with Gasteiger partial charge in [-0.05, 0) is 43.4 Å². The van der Waals surface area contributed by atoms with E-state index in [2.05, 4.69) is 58.3 Å². The van der Waals surface area contributed by atoms with Gasteiger partial charge in [0.25, 0.3) is 0 Å². The lowest BCUT2D eigenvalue weighted by molar-refractivity contribution is 0.199. The minimum absolute atomic E-state index is 0.632. The molecule has 2 rings (SSSR count). The Hall–Kier alpha value is -0.580. The summed E-state index contributed by atoms with van der Waals surface area (Å²) in [6, 6.07) is 7.28. The second-order valence-electron chi connectivity index (χ2n) is 5.63. The van der Waals surface area contributed by atoms with Crippen molar-refractivity contribution in [3.63, 3.8) is 0 Å². The maximum Gasteiger partial charge on any atom is 0.0587 e. The molecule has 112 valence electrons. The summed E-state index contributed by atoms with van der Waals surface area (Å²) in [5.74, 6) is 0.883. The van der Waals surface area contributed by atoms with Crippen LogP contribution in [0, 0.1) is 5.92 Å². The fourth-order valence-corrected chi connectivity index (χ4v) is 2.93. The molecule has 0 amide bonds. The van der Waals surface area contributed by atoms with E-state index in [9.17, 15) is 0 Å². The van der Waals surface area contributed by atoms with Gasteiger partial charge in [-0.3, -0.25) is 0 Å². The monoisotopic (exact) mass is 340 g/mol. The van der Waals surface area contributed by atoms with Crippen LogP contribution in [0.3, 0.4) is 0 Å². The molecule has 4 heteroatoms. The second kappa shape index (κ2) is 7.43. The molecule has 20 heavy (non-hydrogen) atoms. The van der Waals surface area contributed by atoms with Crippen LogP contribution in [0.15, 0.2) is 22.7 Å². The van der Waals surface area contributed by atoms with Crippen LogP contribution in [0.2, 0.25) is 0 Å². The zero-order valence-corrected chi connectivity index (χ0v) is 14.2. The van der Waals surface area contributed by atoms with Crippen molar-refractivity contribution in [3.8, 4) is 0 Å². The molecule has 3 nitrogen and oxygen atoms in total. The van der Waals surface area contributed by atoms with Crippen LogP contribution in [-0.4, -0.2) is 33.4 Å². The highest BCUT2D eigenvalue weighted by molar-refractivity contribution is 9.10. The van der Waals surface area contributed by atoms with Gasteiger partial charge in [-0.25, -0.2) is 0 Å². The van der Waals surface area contributed by atoms with Crippen molar-refractivity contribution in [1.29, 1.82) is 0 Å². The Morgan fingerprint density at radius 2 is 2.20 bits per heavy atom. The van der Waals surface area contributed by atoms with E-state index in [-0.39, 0.29) is 0 Å². The molecule has 0 saturated heterocycles. The Balaban J connectivity index is 1.94. The number of anilines is 1. The van der Waals surface area contributed by atoms with Gasteiger partial charge in [0.1, 0.15) is 0 Å². The van der Waals surface area contributed by atoms with Gasteiger partial charge < -0.3 is 15.0 Å². The molecular formula is C16H25BrN2O. The van der Waals surface area contributed by atoms with Crippen molar-refractivity contribution >= 4 is 21.6 Å². The molecule has 0 aromatic heterocycles. The number of halogens is 1. The van der Waals surface area contributed by atoms with E-state index in [0.717, 1.165) is 25.6 Å². The standard InChI is InChI=1S/C16H25BrN2O/c1-12(13-4-5-13)19(2)15-7-6-14(16(17)10-15)11-18-8-9-20-3/h6-7,10,12-13,18H,4-5,8-9,11H2,1-3H3. The SMILES string of the molecule is COCCNCc1ccc(N(C)C(C)C2CC2)cc1Br. The Morgan fingerprint density at radius 3 is 2.80 bits per heavy atom. The number of rotatable bonds is 8. The highest BCUT2D eigenvalue weighted by Crippen LogP contribution is 2.36. The van der Waals surface area contributed by atoms with Gasteiger partial charge in [0, 0.05) is 43.4 Å². The first-order valence-corrected chi connectivity index (χ1v) is 8.13. The molecule has 1 atom stereocenters. The molecule has 0 radical (unpaired) electrons. The number of methoxy groups -OCH3 is 1. The third-order valence-corrected chi connectivity index (χ3v) is 4.90. The van der Waals surface area contributed by atoms with Gasteiger partial charge in [-0.15, -0.1) is 0 Å². The highest BCUT2D eigenvalue weighted by Gasteiger charge is 2.30. The highest BCUT2D eigenvalue weighted by atomic mass is 79.9. The number of hydrogen-bond donors (Lipinski definition) is 1. The molecule has 0 spiro atoms. The van der Waals surface area contributed by atoms with Crippen LogP contribution in [0.5, 0.6) is 0 Å². The van der Waals surface area contributed by atoms with E-state index in [1.54, 1.807) is 7.11 Å². The van der Waals surface area contributed by atoms with Gasteiger partial charge in [0.05, 0.1) is 6.61 Å². The average Bonchev–Trinajstić information content (AvgIpc) is 3.28. The van der Waals surface area contributed by atoms with Gasteiger partial charge in [0.15, 0.2) is 0 Å². The minimum atomic E-state index is 0.632. The predicted molar refractivity (Wildman–Crippen MR) is 88.3 cm³/mol. The average molecular weight is 341 g/mol. The third-order valence-electron chi connectivity index (χ3n) is 4.16. The summed E-state index contributed by atoms with van der Waals surface area (Å²) in [6.07, 6.45) is 2.77. The smallest absolute Gasteiger partial charge is 0.0587 e. The molecule has 1 unspecified atom stereocenters. The van der Waals surface area contributed by atoms with Crippen molar-refractivity contribution in [1.82, 2.24) is 5.32 Å². The van der Waals surface area contributed by atoms with Crippen molar-refractivity contribution in [2.75, 3.05) is 32.2 Å². The van der Waals surface area contributed by atoms with Crippen molar-refractivity contribution in [2.24, 2.45) is 5.92 Å². The van der Waals surface area contributed by atoms with E-state index in [1.165, 1.54) is 28.6 Å². The Kier molecular flexibility index (Phi) is 5.87.